The zero-order valence-electron chi connectivity index (χ0n) is 12.5. The molecule has 0 radical (unpaired) electrons. The van der Waals surface area contributed by atoms with E-state index in [0.717, 1.165) is 5.56 Å². The second-order valence-corrected chi connectivity index (χ2v) is 6.50. The average Bonchev–Trinajstić information content (AvgIpc) is 3.02. The molecular formula is C17H17FN2O2S. The van der Waals surface area contributed by atoms with Crippen LogP contribution in [0.2, 0.25) is 0 Å². The number of amides is 2. The highest BCUT2D eigenvalue weighted by atomic mass is 32.1. The third-order valence-electron chi connectivity index (χ3n) is 3.90. The topological polar surface area (TPSA) is 49.4 Å². The molecule has 4 nitrogen and oxygen atoms in total. The van der Waals surface area contributed by atoms with Crippen LogP contribution in [-0.2, 0) is 11.2 Å². The van der Waals surface area contributed by atoms with E-state index in [9.17, 15) is 14.0 Å². The number of nitrogens with zero attached hydrogens (tertiary/aromatic N) is 1. The standard InChI is InChI=1S/C17H17FN2O2S/c18-14-5-3-12(4-6-14)7-8-19-16(21)13-10-20(11-13)17(22)15-2-1-9-23-15/h1-6,9,13H,7-8,10-11H2,(H,19,21). The highest BCUT2D eigenvalue weighted by Gasteiger charge is 2.36. The van der Waals surface area contributed by atoms with Crippen LogP contribution in [0.5, 0.6) is 0 Å². The Morgan fingerprint density at radius 1 is 1.22 bits per heavy atom. The van der Waals surface area contributed by atoms with Gasteiger partial charge in [-0.2, -0.15) is 0 Å². The fourth-order valence-electron chi connectivity index (χ4n) is 2.49. The van der Waals surface area contributed by atoms with Gasteiger partial charge in [0.2, 0.25) is 5.91 Å². The van der Waals surface area contributed by atoms with E-state index >= 15 is 0 Å². The summed E-state index contributed by atoms with van der Waals surface area (Å²) in [6, 6.07) is 9.90. The number of nitrogens with one attached hydrogen (secondary N) is 1. The quantitative estimate of drug-likeness (QED) is 0.913. The Kier molecular flexibility index (Phi) is 4.71. The van der Waals surface area contributed by atoms with E-state index in [0.29, 0.717) is 30.9 Å². The number of hydrogen-bond donors (Lipinski definition) is 1. The smallest absolute Gasteiger partial charge is 0.263 e. The fourth-order valence-corrected chi connectivity index (χ4v) is 3.18. The van der Waals surface area contributed by atoms with Crippen molar-refractivity contribution in [2.75, 3.05) is 19.6 Å². The molecule has 3 rings (SSSR count). The second kappa shape index (κ2) is 6.91. The highest BCUT2D eigenvalue weighted by molar-refractivity contribution is 7.12. The van der Waals surface area contributed by atoms with Gasteiger partial charge in [0.25, 0.3) is 5.91 Å². The predicted molar refractivity (Wildman–Crippen MR) is 86.8 cm³/mol. The van der Waals surface area contributed by atoms with Gasteiger partial charge >= 0.3 is 0 Å². The highest BCUT2D eigenvalue weighted by Crippen LogP contribution is 2.21. The van der Waals surface area contributed by atoms with Gasteiger partial charge in [-0.1, -0.05) is 18.2 Å². The molecule has 1 aromatic heterocycles. The predicted octanol–water partition coefficient (Wildman–Crippen LogP) is 2.32. The molecule has 2 aromatic rings. The number of thiophene rings is 1. The molecule has 1 fully saturated rings. The normalized spacial score (nSPS) is 14.4. The molecule has 1 N–H and O–H groups in total. The van der Waals surface area contributed by atoms with Gasteiger partial charge in [0, 0.05) is 19.6 Å². The molecule has 0 bridgehead atoms. The summed E-state index contributed by atoms with van der Waals surface area (Å²) in [7, 11) is 0. The van der Waals surface area contributed by atoms with Crippen molar-refractivity contribution in [3.05, 3.63) is 58.0 Å². The van der Waals surface area contributed by atoms with Gasteiger partial charge in [0.15, 0.2) is 0 Å². The summed E-state index contributed by atoms with van der Waals surface area (Å²) in [4.78, 5) is 26.5. The third kappa shape index (κ3) is 3.76. The molecule has 0 atom stereocenters. The number of likely N-dealkylation sites (tertiary alicyclic amines) is 1. The number of carbonyl (C=O) groups excluding carboxylic acids is 2. The molecule has 0 unspecified atom stereocenters. The zero-order valence-corrected chi connectivity index (χ0v) is 13.3. The van der Waals surface area contributed by atoms with E-state index in [4.69, 9.17) is 0 Å². The average molecular weight is 332 g/mol. The van der Waals surface area contributed by atoms with Gasteiger partial charge in [0.05, 0.1) is 10.8 Å². The fraction of sp³-hybridized carbons (Fsp3) is 0.294. The Hall–Kier alpha value is -2.21. The molecule has 120 valence electrons. The van der Waals surface area contributed by atoms with Crippen LogP contribution >= 0.6 is 11.3 Å². The van der Waals surface area contributed by atoms with Crippen molar-refractivity contribution >= 4 is 23.2 Å². The molecule has 0 aliphatic carbocycles. The molecular weight excluding hydrogens is 315 g/mol. The first-order valence-electron chi connectivity index (χ1n) is 7.48. The van der Waals surface area contributed by atoms with Gasteiger partial charge in [-0.15, -0.1) is 11.3 Å². The number of hydrogen-bond acceptors (Lipinski definition) is 3. The molecule has 6 heteroatoms. The Morgan fingerprint density at radius 2 is 1.96 bits per heavy atom. The largest absolute Gasteiger partial charge is 0.355 e. The van der Waals surface area contributed by atoms with E-state index in [-0.39, 0.29) is 23.5 Å². The monoisotopic (exact) mass is 332 g/mol. The zero-order chi connectivity index (χ0) is 16.2. The lowest BCUT2D eigenvalue weighted by Crippen LogP contribution is -2.55. The molecule has 0 spiro atoms. The van der Waals surface area contributed by atoms with Crippen LogP contribution in [-0.4, -0.2) is 36.3 Å². The van der Waals surface area contributed by atoms with Gasteiger partial charge in [0.1, 0.15) is 5.82 Å². The van der Waals surface area contributed by atoms with Crippen LogP contribution in [0.3, 0.4) is 0 Å². The van der Waals surface area contributed by atoms with Crippen LogP contribution in [0, 0.1) is 11.7 Å². The van der Waals surface area contributed by atoms with Crippen LogP contribution in [0.15, 0.2) is 41.8 Å². The maximum Gasteiger partial charge on any atom is 0.263 e. The minimum absolute atomic E-state index is 0.00429. The molecule has 2 heterocycles. The molecule has 1 saturated heterocycles. The second-order valence-electron chi connectivity index (χ2n) is 5.55. The summed E-state index contributed by atoms with van der Waals surface area (Å²) in [6.45, 7) is 1.46. The Balaban J connectivity index is 1.39. The molecule has 0 saturated carbocycles. The number of halogens is 1. The van der Waals surface area contributed by atoms with Gasteiger partial charge in [-0.3, -0.25) is 9.59 Å². The summed E-state index contributed by atoms with van der Waals surface area (Å²) in [5.74, 6) is -0.424. The van der Waals surface area contributed by atoms with Crippen molar-refractivity contribution in [1.82, 2.24) is 10.2 Å². The van der Waals surface area contributed by atoms with Crippen molar-refractivity contribution in [1.29, 1.82) is 0 Å². The number of rotatable bonds is 5. The summed E-state index contributed by atoms with van der Waals surface area (Å²) in [6.07, 6.45) is 0.663. The van der Waals surface area contributed by atoms with Crippen molar-refractivity contribution in [3.8, 4) is 0 Å². The summed E-state index contributed by atoms with van der Waals surface area (Å²) in [5.41, 5.74) is 0.981. The number of benzene rings is 1. The van der Waals surface area contributed by atoms with Crippen molar-refractivity contribution in [2.24, 2.45) is 5.92 Å². The van der Waals surface area contributed by atoms with Crippen LogP contribution in [0.4, 0.5) is 4.39 Å². The van der Waals surface area contributed by atoms with E-state index in [2.05, 4.69) is 5.32 Å². The van der Waals surface area contributed by atoms with Gasteiger partial charge in [-0.05, 0) is 35.6 Å². The molecule has 23 heavy (non-hydrogen) atoms. The Morgan fingerprint density at radius 3 is 2.61 bits per heavy atom. The summed E-state index contributed by atoms with van der Waals surface area (Å²) >= 11 is 1.41. The first-order valence-corrected chi connectivity index (χ1v) is 8.36. The van der Waals surface area contributed by atoms with Crippen molar-refractivity contribution < 1.29 is 14.0 Å². The SMILES string of the molecule is O=C(NCCc1ccc(F)cc1)C1CN(C(=O)c2cccs2)C1. The van der Waals surface area contributed by atoms with E-state index < -0.39 is 0 Å². The van der Waals surface area contributed by atoms with Crippen molar-refractivity contribution in [2.45, 2.75) is 6.42 Å². The summed E-state index contributed by atoms with van der Waals surface area (Å²) < 4.78 is 12.8. The maximum absolute atomic E-state index is 12.8. The lowest BCUT2D eigenvalue weighted by atomic mass is 9.98. The first kappa shape index (κ1) is 15.7. The summed E-state index contributed by atoms with van der Waals surface area (Å²) in [5, 5.41) is 4.74. The minimum atomic E-state index is -0.261. The van der Waals surface area contributed by atoms with Gasteiger partial charge in [-0.25, -0.2) is 4.39 Å². The minimum Gasteiger partial charge on any atom is -0.355 e. The molecule has 1 aromatic carbocycles. The van der Waals surface area contributed by atoms with Crippen LogP contribution in [0.1, 0.15) is 15.2 Å². The van der Waals surface area contributed by atoms with Crippen LogP contribution < -0.4 is 5.32 Å². The lowest BCUT2D eigenvalue weighted by molar-refractivity contribution is -0.128. The third-order valence-corrected chi connectivity index (χ3v) is 4.76. The van der Waals surface area contributed by atoms with E-state index in [1.807, 2.05) is 11.4 Å². The van der Waals surface area contributed by atoms with Crippen LogP contribution in [0.25, 0.3) is 0 Å². The van der Waals surface area contributed by atoms with Gasteiger partial charge < -0.3 is 10.2 Å². The molecule has 2 amide bonds. The lowest BCUT2D eigenvalue weighted by Gasteiger charge is -2.37. The van der Waals surface area contributed by atoms with E-state index in [1.165, 1.54) is 23.5 Å². The molecule has 1 aliphatic heterocycles. The number of carbonyl (C=O) groups is 2. The maximum atomic E-state index is 12.8. The molecule has 1 aliphatic rings. The Labute approximate surface area is 137 Å². The first-order chi connectivity index (χ1) is 11.1. The van der Waals surface area contributed by atoms with E-state index in [1.54, 1.807) is 23.1 Å². The Bertz CT molecular complexity index is 679. The van der Waals surface area contributed by atoms with Crippen molar-refractivity contribution in [3.63, 3.8) is 0 Å².